The molecule has 2 atom stereocenters. The average Bonchev–Trinajstić information content (AvgIpc) is 3.94. The van der Waals surface area contributed by atoms with Gasteiger partial charge >= 0.3 is 0 Å². The van der Waals surface area contributed by atoms with Crippen LogP contribution in [0.4, 0.5) is 11.4 Å². The molecule has 4 aromatic rings. The van der Waals surface area contributed by atoms with Crippen LogP contribution in [0.5, 0.6) is 0 Å². The third kappa shape index (κ3) is 8.41. The largest absolute Gasteiger partial charge is 0.325 e. The first kappa shape index (κ1) is 37.7. The van der Waals surface area contributed by atoms with E-state index in [1.807, 2.05) is 88.4 Å². The van der Waals surface area contributed by atoms with Gasteiger partial charge in [0.25, 0.3) is 11.8 Å². The summed E-state index contributed by atoms with van der Waals surface area (Å²) in [7, 11) is 0. The number of benzene rings is 2. The number of aromatic nitrogens is 2. The van der Waals surface area contributed by atoms with E-state index in [0.29, 0.717) is 57.6 Å². The Morgan fingerprint density at radius 3 is 1.38 bits per heavy atom. The van der Waals surface area contributed by atoms with Gasteiger partial charge in [0.2, 0.25) is 11.8 Å². The van der Waals surface area contributed by atoms with Crippen molar-refractivity contribution in [3.63, 3.8) is 0 Å². The fourth-order valence-corrected chi connectivity index (χ4v) is 8.77. The monoisotopic (exact) mass is 778 g/mol. The van der Waals surface area contributed by atoms with Crippen molar-refractivity contribution in [3.8, 4) is 0 Å². The highest BCUT2D eigenvalue weighted by Gasteiger charge is 2.38. The smallest absolute Gasteiger partial charge is 0.274 e. The van der Waals surface area contributed by atoms with Crippen LogP contribution in [-0.4, -0.2) is 68.6 Å². The molecule has 2 N–H and O–H groups in total. The van der Waals surface area contributed by atoms with E-state index >= 15 is 0 Å². The highest BCUT2D eigenvalue weighted by molar-refractivity contribution is 7.16. The molecule has 0 saturated carbocycles. The molecule has 2 saturated heterocycles. The maximum atomic E-state index is 13.4. The van der Waals surface area contributed by atoms with Crippen molar-refractivity contribution in [3.05, 3.63) is 89.7 Å². The minimum atomic E-state index is -0.582. The van der Waals surface area contributed by atoms with Gasteiger partial charge in [-0.2, -0.15) is 0 Å². The molecule has 52 heavy (non-hydrogen) atoms. The van der Waals surface area contributed by atoms with Gasteiger partial charge < -0.3 is 20.4 Å². The van der Waals surface area contributed by atoms with Crippen molar-refractivity contribution in [2.45, 2.75) is 77.3 Å². The van der Waals surface area contributed by atoms with Crippen molar-refractivity contribution >= 4 is 93.0 Å². The van der Waals surface area contributed by atoms with Crippen LogP contribution in [0.3, 0.4) is 0 Å². The SMILES string of the molecule is CC(C)c1sc(Cl)nc1C(=O)N1CCC[C@H]1C(=O)Nc1ccc(C=Cc2ccc(NC(=O)[C@@H]3CCCN3C(=O)c3nc(Cl)sc3C(C)C)cc2)cc1. The van der Waals surface area contributed by atoms with E-state index in [-0.39, 0.29) is 35.5 Å². The Morgan fingerprint density at radius 2 is 1.04 bits per heavy atom. The summed E-state index contributed by atoms with van der Waals surface area (Å²) in [6.07, 6.45) is 6.55. The predicted molar refractivity (Wildman–Crippen MR) is 210 cm³/mol. The molecule has 0 spiro atoms. The second-order valence-electron chi connectivity index (χ2n) is 13.5. The van der Waals surface area contributed by atoms with Gasteiger partial charge in [0.15, 0.2) is 8.93 Å². The average molecular weight is 780 g/mol. The number of rotatable bonds is 10. The summed E-state index contributed by atoms with van der Waals surface area (Å²) in [4.78, 5) is 66.8. The van der Waals surface area contributed by atoms with E-state index in [1.54, 1.807) is 9.80 Å². The molecular weight excluding hydrogens is 739 g/mol. The first-order valence-electron chi connectivity index (χ1n) is 17.3. The molecule has 6 rings (SSSR count). The molecule has 272 valence electrons. The van der Waals surface area contributed by atoms with Gasteiger partial charge in [-0.25, -0.2) is 9.97 Å². The van der Waals surface area contributed by atoms with Crippen LogP contribution in [0.1, 0.15) is 107 Å². The molecule has 10 nitrogen and oxygen atoms in total. The van der Waals surface area contributed by atoms with Gasteiger partial charge in [-0.05, 0) is 72.9 Å². The molecule has 2 aromatic heterocycles. The molecule has 2 aliphatic rings. The Kier molecular flexibility index (Phi) is 11.8. The number of hydrogen-bond acceptors (Lipinski definition) is 8. The Morgan fingerprint density at radius 1 is 0.673 bits per heavy atom. The summed E-state index contributed by atoms with van der Waals surface area (Å²) in [6.45, 7) is 8.95. The quantitative estimate of drug-likeness (QED) is 0.155. The molecule has 2 aromatic carbocycles. The summed E-state index contributed by atoms with van der Waals surface area (Å²) in [5.74, 6) is -0.782. The summed E-state index contributed by atoms with van der Waals surface area (Å²) in [5.41, 5.74) is 3.82. The molecule has 14 heteroatoms. The van der Waals surface area contributed by atoms with E-state index in [4.69, 9.17) is 23.2 Å². The Bertz CT molecular complexity index is 1850. The number of thiazole rings is 2. The Hall–Kier alpha value is -4.10. The zero-order chi connectivity index (χ0) is 37.1. The standard InChI is InChI=1S/C38H40Cl2N6O4S2/c1-21(2)31-29(43-37(39)51-31)35(49)45-19-5-7-27(45)33(47)41-25-15-11-23(12-16-25)9-10-24-13-17-26(18-14-24)42-34(48)28-8-6-20-46(28)36(50)30-32(22(3)4)52-38(40)44-30/h9-18,21-22,27-28H,5-8,19-20H2,1-4H3,(H,41,47)(H,42,48)/t27-,28-/m0/s1. The highest BCUT2D eigenvalue weighted by atomic mass is 35.5. The van der Waals surface area contributed by atoms with E-state index in [9.17, 15) is 19.2 Å². The zero-order valence-electron chi connectivity index (χ0n) is 29.3. The van der Waals surface area contributed by atoms with E-state index in [0.717, 1.165) is 33.7 Å². The fraction of sp³-hybridized carbons (Fsp3) is 0.368. The maximum Gasteiger partial charge on any atom is 0.274 e. The predicted octanol–water partition coefficient (Wildman–Crippen LogP) is 8.81. The number of amides is 4. The number of halogens is 2. The van der Waals surface area contributed by atoms with Gasteiger partial charge in [-0.3, -0.25) is 19.2 Å². The van der Waals surface area contributed by atoms with E-state index < -0.39 is 12.1 Å². The number of nitrogens with one attached hydrogen (secondary N) is 2. The normalized spacial score (nSPS) is 17.5. The number of hydrogen-bond donors (Lipinski definition) is 2. The second kappa shape index (κ2) is 16.3. The van der Waals surface area contributed by atoms with Gasteiger partial charge in [0.05, 0.1) is 0 Å². The van der Waals surface area contributed by atoms with Crippen LogP contribution in [0.15, 0.2) is 48.5 Å². The molecule has 0 radical (unpaired) electrons. The number of carbonyl (C=O) groups excluding carboxylic acids is 4. The topological polar surface area (TPSA) is 125 Å². The van der Waals surface area contributed by atoms with E-state index in [1.165, 1.54) is 22.7 Å². The summed E-state index contributed by atoms with van der Waals surface area (Å²) >= 11 is 14.9. The number of carbonyl (C=O) groups is 4. The Balaban J connectivity index is 1.02. The molecule has 2 aliphatic heterocycles. The number of nitrogens with zero attached hydrogens (tertiary/aromatic N) is 4. The molecule has 0 unspecified atom stereocenters. The number of anilines is 2. The maximum absolute atomic E-state index is 13.4. The van der Waals surface area contributed by atoms with Crippen LogP contribution >= 0.6 is 45.9 Å². The first-order valence-corrected chi connectivity index (χ1v) is 19.7. The van der Waals surface area contributed by atoms with Crippen LogP contribution in [-0.2, 0) is 9.59 Å². The zero-order valence-corrected chi connectivity index (χ0v) is 32.5. The first-order chi connectivity index (χ1) is 24.9. The van der Waals surface area contributed by atoms with Crippen LogP contribution in [0.25, 0.3) is 12.2 Å². The molecule has 4 heterocycles. The third-order valence-corrected chi connectivity index (χ3v) is 12.1. The summed E-state index contributed by atoms with van der Waals surface area (Å²) < 4.78 is 0.646. The Labute approximate surface area is 321 Å². The minimum absolute atomic E-state index is 0.0979. The minimum Gasteiger partial charge on any atom is -0.325 e. The summed E-state index contributed by atoms with van der Waals surface area (Å²) in [5, 5.41) is 5.93. The number of likely N-dealkylation sites (tertiary alicyclic amines) is 2. The van der Waals surface area contributed by atoms with Crippen molar-refractivity contribution in [1.82, 2.24) is 19.8 Å². The van der Waals surface area contributed by atoms with Gasteiger partial charge in [-0.1, -0.05) is 87.3 Å². The van der Waals surface area contributed by atoms with Crippen LogP contribution < -0.4 is 10.6 Å². The lowest BCUT2D eigenvalue weighted by Crippen LogP contribution is -2.43. The van der Waals surface area contributed by atoms with Crippen molar-refractivity contribution < 1.29 is 19.2 Å². The van der Waals surface area contributed by atoms with E-state index in [2.05, 4.69) is 20.6 Å². The molecule has 0 bridgehead atoms. The second-order valence-corrected chi connectivity index (χ2v) is 16.8. The fourth-order valence-electron chi connectivity index (χ4n) is 6.53. The molecule has 4 amide bonds. The lowest BCUT2D eigenvalue weighted by molar-refractivity contribution is -0.120. The van der Waals surface area contributed by atoms with Crippen molar-refractivity contribution in [2.75, 3.05) is 23.7 Å². The van der Waals surface area contributed by atoms with Crippen LogP contribution in [0.2, 0.25) is 8.93 Å². The lowest BCUT2D eigenvalue weighted by Gasteiger charge is -2.24. The molecule has 2 fully saturated rings. The van der Waals surface area contributed by atoms with Gasteiger partial charge in [-0.15, -0.1) is 22.7 Å². The van der Waals surface area contributed by atoms with Gasteiger partial charge in [0.1, 0.15) is 23.5 Å². The summed E-state index contributed by atoms with van der Waals surface area (Å²) in [6, 6.07) is 13.8. The highest BCUT2D eigenvalue weighted by Crippen LogP contribution is 2.34. The molecular formula is C38H40Cl2N6O4S2. The van der Waals surface area contributed by atoms with Crippen molar-refractivity contribution in [1.29, 1.82) is 0 Å². The lowest BCUT2D eigenvalue weighted by atomic mass is 10.1. The third-order valence-electron chi connectivity index (χ3n) is 9.17. The van der Waals surface area contributed by atoms with Gasteiger partial charge in [0, 0.05) is 34.2 Å². The van der Waals surface area contributed by atoms with Crippen molar-refractivity contribution in [2.24, 2.45) is 0 Å². The van der Waals surface area contributed by atoms with Crippen LogP contribution in [0, 0.1) is 0 Å². The molecule has 0 aliphatic carbocycles.